The van der Waals surface area contributed by atoms with E-state index in [1.165, 1.54) is 0 Å². The average Bonchev–Trinajstić information content (AvgIpc) is 2.47. The van der Waals surface area contributed by atoms with Crippen molar-refractivity contribution < 1.29 is 9.53 Å². The molecule has 0 aromatic heterocycles. The molecule has 0 fully saturated rings. The van der Waals surface area contributed by atoms with Crippen LogP contribution < -0.4 is 0 Å². The van der Waals surface area contributed by atoms with E-state index in [-0.39, 0.29) is 5.97 Å². The fraction of sp³-hybridized carbons (Fsp3) is 0.389. The predicted octanol–water partition coefficient (Wildman–Crippen LogP) is 4.36. The zero-order chi connectivity index (χ0) is 14.4. The number of esters is 1. The fourth-order valence-electron chi connectivity index (χ4n) is 2.23. The number of ether oxygens (including phenoxy) is 1. The summed E-state index contributed by atoms with van der Waals surface area (Å²) in [4.78, 5) is 11.9. The minimum atomic E-state index is -0.135. The molecule has 20 heavy (non-hydrogen) atoms. The Labute approximate surface area is 120 Å². The summed E-state index contributed by atoms with van der Waals surface area (Å²) < 4.78 is 5.33. The molecule has 2 aromatic rings. The predicted molar refractivity (Wildman–Crippen MR) is 82.7 cm³/mol. The lowest BCUT2D eigenvalue weighted by atomic mass is 10.0. The van der Waals surface area contributed by atoms with Crippen LogP contribution in [0.2, 0.25) is 0 Å². The molecule has 1 atom stereocenters. The second kappa shape index (κ2) is 7.09. The zero-order valence-electron chi connectivity index (χ0n) is 12.3. The Morgan fingerprint density at radius 1 is 1.15 bits per heavy atom. The molecule has 0 spiro atoms. The summed E-state index contributed by atoms with van der Waals surface area (Å²) >= 11 is 0. The van der Waals surface area contributed by atoms with Crippen molar-refractivity contribution in [1.82, 2.24) is 0 Å². The van der Waals surface area contributed by atoms with Crippen molar-refractivity contribution in [1.29, 1.82) is 0 Å². The van der Waals surface area contributed by atoms with Gasteiger partial charge in [-0.2, -0.15) is 0 Å². The minimum absolute atomic E-state index is 0.135. The lowest BCUT2D eigenvalue weighted by Crippen LogP contribution is -2.11. The van der Waals surface area contributed by atoms with Crippen molar-refractivity contribution in [2.45, 2.75) is 33.1 Å². The first kappa shape index (κ1) is 14.6. The number of benzene rings is 2. The molecular formula is C18H22O2. The zero-order valence-corrected chi connectivity index (χ0v) is 12.3. The first-order chi connectivity index (χ1) is 9.70. The number of hydrogen-bond acceptors (Lipinski definition) is 2. The van der Waals surface area contributed by atoms with Crippen LogP contribution in [0, 0.1) is 5.92 Å². The Bertz CT molecular complexity index is 569. The number of rotatable bonds is 6. The lowest BCUT2D eigenvalue weighted by molar-refractivity contribution is -0.143. The summed E-state index contributed by atoms with van der Waals surface area (Å²) in [6.45, 7) is 4.86. The molecule has 106 valence electrons. The Hall–Kier alpha value is -1.83. The van der Waals surface area contributed by atoms with Crippen LogP contribution in [0.1, 0.15) is 32.3 Å². The SMILES string of the molecule is CCC(C)CCOC(=O)Cc1cccc2ccccc12. The van der Waals surface area contributed by atoms with Crippen LogP contribution in [0.5, 0.6) is 0 Å². The average molecular weight is 270 g/mol. The lowest BCUT2D eigenvalue weighted by Gasteiger charge is -2.10. The van der Waals surface area contributed by atoms with Crippen LogP contribution in [0.25, 0.3) is 10.8 Å². The van der Waals surface area contributed by atoms with Gasteiger partial charge in [0.05, 0.1) is 13.0 Å². The van der Waals surface area contributed by atoms with Crippen molar-refractivity contribution in [2.24, 2.45) is 5.92 Å². The van der Waals surface area contributed by atoms with Crippen LogP contribution >= 0.6 is 0 Å². The first-order valence-corrected chi connectivity index (χ1v) is 7.33. The van der Waals surface area contributed by atoms with E-state index in [0.29, 0.717) is 18.9 Å². The largest absolute Gasteiger partial charge is 0.465 e. The molecule has 0 radical (unpaired) electrons. The summed E-state index contributed by atoms with van der Waals surface area (Å²) in [6.07, 6.45) is 2.42. The third-order valence-corrected chi connectivity index (χ3v) is 3.79. The molecule has 0 heterocycles. The highest BCUT2D eigenvalue weighted by Crippen LogP contribution is 2.19. The Kier molecular flexibility index (Phi) is 5.16. The summed E-state index contributed by atoms with van der Waals surface area (Å²) in [5.41, 5.74) is 1.04. The van der Waals surface area contributed by atoms with Crippen LogP contribution in [0.4, 0.5) is 0 Å². The number of carbonyl (C=O) groups excluding carboxylic acids is 1. The van der Waals surface area contributed by atoms with Gasteiger partial charge < -0.3 is 4.74 Å². The van der Waals surface area contributed by atoms with Gasteiger partial charge >= 0.3 is 5.97 Å². The topological polar surface area (TPSA) is 26.3 Å². The Morgan fingerprint density at radius 2 is 1.90 bits per heavy atom. The van der Waals surface area contributed by atoms with Crippen LogP contribution in [-0.2, 0) is 16.0 Å². The van der Waals surface area contributed by atoms with Gasteiger partial charge in [0.2, 0.25) is 0 Å². The molecule has 2 nitrogen and oxygen atoms in total. The number of hydrogen-bond donors (Lipinski definition) is 0. The van der Waals surface area contributed by atoms with Crippen LogP contribution in [0.3, 0.4) is 0 Å². The van der Waals surface area contributed by atoms with Crippen LogP contribution in [-0.4, -0.2) is 12.6 Å². The van der Waals surface area contributed by atoms with Crippen LogP contribution in [0.15, 0.2) is 42.5 Å². The van der Waals surface area contributed by atoms with Gasteiger partial charge in [-0.05, 0) is 28.7 Å². The molecule has 1 unspecified atom stereocenters. The molecule has 2 rings (SSSR count). The highest BCUT2D eigenvalue weighted by atomic mass is 16.5. The molecule has 0 aliphatic rings. The van der Waals surface area contributed by atoms with Gasteiger partial charge in [-0.15, -0.1) is 0 Å². The molecule has 2 heteroatoms. The monoisotopic (exact) mass is 270 g/mol. The second-order valence-electron chi connectivity index (χ2n) is 5.34. The number of fused-ring (bicyclic) bond motifs is 1. The molecule has 0 saturated heterocycles. The molecule has 0 aliphatic carbocycles. The van der Waals surface area contributed by atoms with Crippen molar-refractivity contribution in [3.8, 4) is 0 Å². The van der Waals surface area contributed by atoms with E-state index in [4.69, 9.17) is 4.74 Å². The van der Waals surface area contributed by atoms with E-state index in [1.807, 2.05) is 24.3 Å². The van der Waals surface area contributed by atoms with E-state index in [1.54, 1.807) is 0 Å². The van der Waals surface area contributed by atoms with Gasteiger partial charge in [-0.25, -0.2) is 0 Å². The maximum atomic E-state index is 11.9. The van der Waals surface area contributed by atoms with E-state index in [2.05, 4.69) is 32.0 Å². The summed E-state index contributed by atoms with van der Waals surface area (Å²) in [5, 5.41) is 2.30. The third-order valence-electron chi connectivity index (χ3n) is 3.79. The Balaban J connectivity index is 1.96. The van der Waals surface area contributed by atoms with Crippen molar-refractivity contribution in [3.05, 3.63) is 48.0 Å². The molecule has 2 aromatic carbocycles. The molecule has 0 bridgehead atoms. The standard InChI is InChI=1S/C18H22O2/c1-3-14(2)11-12-20-18(19)13-16-9-6-8-15-7-4-5-10-17(15)16/h4-10,14H,3,11-13H2,1-2H3. The normalized spacial score (nSPS) is 12.3. The van der Waals surface area contributed by atoms with Crippen molar-refractivity contribution in [3.63, 3.8) is 0 Å². The van der Waals surface area contributed by atoms with E-state index < -0.39 is 0 Å². The van der Waals surface area contributed by atoms with Gasteiger partial charge in [-0.3, -0.25) is 4.79 Å². The fourth-order valence-corrected chi connectivity index (χ4v) is 2.23. The maximum Gasteiger partial charge on any atom is 0.310 e. The summed E-state index contributed by atoms with van der Waals surface area (Å²) in [7, 11) is 0. The van der Waals surface area contributed by atoms with E-state index in [0.717, 1.165) is 29.2 Å². The van der Waals surface area contributed by atoms with Gasteiger partial charge in [0.1, 0.15) is 0 Å². The van der Waals surface area contributed by atoms with Gasteiger partial charge in [0, 0.05) is 0 Å². The first-order valence-electron chi connectivity index (χ1n) is 7.33. The van der Waals surface area contributed by atoms with Crippen molar-refractivity contribution in [2.75, 3.05) is 6.61 Å². The Morgan fingerprint density at radius 3 is 2.70 bits per heavy atom. The van der Waals surface area contributed by atoms with Gasteiger partial charge in [-0.1, -0.05) is 62.7 Å². The molecule has 0 aliphatic heterocycles. The third kappa shape index (κ3) is 3.83. The van der Waals surface area contributed by atoms with E-state index in [9.17, 15) is 4.79 Å². The molecule has 0 saturated carbocycles. The molecule has 0 N–H and O–H groups in total. The smallest absolute Gasteiger partial charge is 0.310 e. The van der Waals surface area contributed by atoms with E-state index >= 15 is 0 Å². The summed E-state index contributed by atoms with van der Waals surface area (Å²) in [5.74, 6) is 0.477. The quantitative estimate of drug-likeness (QED) is 0.729. The summed E-state index contributed by atoms with van der Waals surface area (Å²) in [6, 6.07) is 14.2. The highest BCUT2D eigenvalue weighted by Gasteiger charge is 2.08. The second-order valence-corrected chi connectivity index (χ2v) is 5.34. The van der Waals surface area contributed by atoms with Gasteiger partial charge in [0.15, 0.2) is 0 Å². The minimum Gasteiger partial charge on any atom is -0.465 e. The number of carbonyl (C=O) groups is 1. The van der Waals surface area contributed by atoms with Gasteiger partial charge in [0.25, 0.3) is 0 Å². The molecule has 0 amide bonds. The molecular weight excluding hydrogens is 248 g/mol. The maximum absolute atomic E-state index is 11.9. The highest BCUT2D eigenvalue weighted by molar-refractivity contribution is 5.88. The van der Waals surface area contributed by atoms with Crippen molar-refractivity contribution >= 4 is 16.7 Å².